The molecule has 1 aromatic carbocycles. The van der Waals surface area contributed by atoms with Gasteiger partial charge in [0, 0.05) is 18.7 Å². The Kier molecular flexibility index (Phi) is 8.76. The first kappa shape index (κ1) is 26.1. The fourth-order valence-corrected chi connectivity index (χ4v) is 3.70. The summed E-state index contributed by atoms with van der Waals surface area (Å²) >= 11 is 1.01. The fraction of sp³-hybridized carbons (Fsp3) is 0.524. The van der Waals surface area contributed by atoms with E-state index in [-0.39, 0.29) is 24.2 Å². The smallest absolute Gasteiger partial charge is 0.335 e. The minimum Gasteiger partial charge on any atom is -0.474 e. The number of hydrogen-bond acceptors (Lipinski definition) is 12. The Morgan fingerprint density at radius 2 is 1.94 bits per heavy atom. The summed E-state index contributed by atoms with van der Waals surface area (Å²) in [6, 6.07) is 6.24. The fourth-order valence-electron chi connectivity index (χ4n) is 3.18. The number of anilines is 1. The summed E-state index contributed by atoms with van der Waals surface area (Å²) in [6.07, 6.45) is -0.147. The molecule has 2 heterocycles. The molecular formula is C21H27N5O8S. The van der Waals surface area contributed by atoms with E-state index < -0.39 is 29.1 Å². The number of benzene rings is 1. The Hall–Kier alpha value is -3.52. The summed E-state index contributed by atoms with van der Waals surface area (Å²) in [5.41, 5.74) is -0.487. The Morgan fingerprint density at radius 3 is 2.63 bits per heavy atom. The van der Waals surface area contributed by atoms with Gasteiger partial charge in [-0.2, -0.15) is 9.44 Å². The third kappa shape index (κ3) is 7.23. The van der Waals surface area contributed by atoms with Crippen LogP contribution in [-0.4, -0.2) is 69.2 Å². The van der Waals surface area contributed by atoms with E-state index in [1.165, 1.54) is 12.1 Å². The summed E-state index contributed by atoms with van der Waals surface area (Å²) in [6.45, 7) is 7.15. The third-order valence-corrected chi connectivity index (χ3v) is 5.36. The Balaban J connectivity index is 1.62. The lowest BCUT2D eigenvalue weighted by Crippen LogP contribution is -2.47. The van der Waals surface area contributed by atoms with Gasteiger partial charge in [0.2, 0.25) is 5.82 Å². The molecule has 1 amide bonds. The van der Waals surface area contributed by atoms with Gasteiger partial charge in [-0.05, 0) is 32.4 Å². The molecule has 0 N–H and O–H groups in total. The lowest BCUT2D eigenvalue weighted by molar-refractivity contribution is -0.763. The number of hydrogen-bond donors (Lipinski definition) is 0. The van der Waals surface area contributed by atoms with Crippen LogP contribution in [-0.2, 0) is 25.8 Å². The highest BCUT2D eigenvalue weighted by Gasteiger charge is 2.33. The first-order valence-electron chi connectivity index (χ1n) is 10.9. The molecule has 1 fully saturated rings. The average Bonchev–Trinajstić information content (AvgIpc) is 3.29. The molecule has 0 bridgehead atoms. The number of hydroxylamine groups is 2. The van der Waals surface area contributed by atoms with Gasteiger partial charge >= 0.3 is 5.97 Å². The minimum absolute atomic E-state index is 0.0268. The Bertz CT molecular complexity index is 1030. The molecule has 2 aromatic rings. The van der Waals surface area contributed by atoms with Crippen LogP contribution in [0, 0.1) is 10.1 Å². The molecule has 0 atom stereocenters. The molecule has 3 rings (SSSR count). The van der Waals surface area contributed by atoms with Crippen molar-refractivity contribution >= 4 is 29.4 Å². The van der Waals surface area contributed by atoms with Gasteiger partial charge in [0.1, 0.15) is 13.2 Å². The normalized spacial score (nSPS) is 13.7. The number of ether oxygens (including phenoxy) is 2. The summed E-state index contributed by atoms with van der Waals surface area (Å²) in [7, 11) is 0. The molecule has 0 aliphatic carbocycles. The summed E-state index contributed by atoms with van der Waals surface area (Å²) in [5.74, 6) is -0.393. The first-order valence-corrected chi connectivity index (χ1v) is 11.6. The molecule has 1 saturated heterocycles. The van der Waals surface area contributed by atoms with Gasteiger partial charge < -0.3 is 24.0 Å². The largest absolute Gasteiger partial charge is 0.474 e. The van der Waals surface area contributed by atoms with Crippen molar-refractivity contribution < 1.29 is 33.8 Å². The number of amides is 1. The van der Waals surface area contributed by atoms with Crippen LogP contribution in [0.3, 0.4) is 0 Å². The van der Waals surface area contributed by atoms with Crippen LogP contribution in [0.5, 0.6) is 5.88 Å². The first-order chi connectivity index (χ1) is 16.7. The Morgan fingerprint density at radius 1 is 1.23 bits per heavy atom. The molecular weight excluding hydrogens is 482 g/mol. The van der Waals surface area contributed by atoms with E-state index in [0.29, 0.717) is 38.0 Å². The number of aromatic nitrogens is 2. The predicted molar refractivity (Wildman–Crippen MR) is 123 cm³/mol. The van der Waals surface area contributed by atoms with Gasteiger partial charge in [0.05, 0.1) is 36.9 Å². The van der Waals surface area contributed by atoms with Gasteiger partial charge in [-0.15, -0.1) is 14.5 Å². The van der Waals surface area contributed by atoms with E-state index in [4.69, 9.17) is 14.3 Å². The van der Waals surface area contributed by atoms with E-state index >= 15 is 0 Å². The molecule has 0 unspecified atom stereocenters. The monoisotopic (exact) mass is 509 g/mol. The van der Waals surface area contributed by atoms with Crippen LogP contribution in [0.4, 0.5) is 5.82 Å². The van der Waals surface area contributed by atoms with E-state index in [9.17, 15) is 19.7 Å². The molecule has 1 aromatic heterocycles. The van der Waals surface area contributed by atoms with Crippen molar-refractivity contribution in [3.05, 3.63) is 45.5 Å². The molecule has 35 heavy (non-hydrogen) atoms. The predicted octanol–water partition coefficient (Wildman–Crippen LogP) is 2.25. The molecule has 0 radical (unpaired) electrons. The van der Waals surface area contributed by atoms with Gasteiger partial charge in [-0.3, -0.25) is 4.79 Å². The van der Waals surface area contributed by atoms with Crippen molar-refractivity contribution in [2.75, 3.05) is 37.8 Å². The van der Waals surface area contributed by atoms with Crippen molar-refractivity contribution in [1.29, 1.82) is 0 Å². The highest BCUT2D eigenvalue weighted by Crippen LogP contribution is 2.26. The Labute approximate surface area is 205 Å². The number of carbonyl (C=O) groups excluding carboxylic acids is 2. The number of morpholine rings is 1. The zero-order chi connectivity index (χ0) is 25.4. The van der Waals surface area contributed by atoms with Crippen LogP contribution < -0.4 is 9.64 Å². The van der Waals surface area contributed by atoms with Crippen LogP contribution in [0.2, 0.25) is 0 Å². The quantitative estimate of drug-likeness (QED) is 0.362. The highest BCUT2D eigenvalue weighted by atomic mass is 32.1. The summed E-state index contributed by atoms with van der Waals surface area (Å²) in [4.78, 5) is 48.2. The maximum absolute atomic E-state index is 13.2. The van der Waals surface area contributed by atoms with Crippen molar-refractivity contribution in [3.63, 3.8) is 0 Å². The molecule has 1 aliphatic heterocycles. The maximum atomic E-state index is 13.2. The molecule has 14 heteroatoms. The van der Waals surface area contributed by atoms with Crippen LogP contribution >= 0.6 is 11.7 Å². The van der Waals surface area contributed by atoms with E-state index in [1.54, 1.807) is 32.9 Å². The van der Waals surface area contributed by atoms with Crippen molar-refractivity contribution in [3.8, 4) is 5.88 Å². The van der Waals surface area contributed by atoms with Gasteiger partial charge in [0.25, 0.3) is 16.9 Å². The second kappa shape index (κ2) is 11.8. The molecule has 1 aliphatic rings. The van der Waals surface area contributed by atoms with Crippen molar-refractivity contribution in [1.82, 2.24) is 13.8 Å². The third-order valence-electron chi connectivity index (χ3n) is 4.86. The van der Waals surface area contributed by atoms with Gasteiger partial charge in [-0.25, -0.2) is 4.79 Å². The molecule has 0 saturated carbocycles. The van der Waals surface area contributed by atoms with Crippen molar-refractivity contribution in [2.45, 2.75) is 39.3 Å². The van der Waals surface area contributed by atoms with Crippen LogP contribution in [0.15, 0.2) is 24.3 Å². The summed E-state index contributed by atoms with van der Waals surface area (Å²) in [5, 5.41) is 10.6. The molecule has 190 valence electrons. The molecule has 13 nitrogen and oxygen atoms in total. The lowest BCUT2D eigenvalue weighted by atomic mass is 10.0. The van der Waals surface area contributed by atoms with Crippen LogP contribution in [0.25, 0.3) is 0 Å². The van der Waals surface area contributed by atoms with Gasteiger partial charge in [0.15, 0.2) is 0 Å². The molecule has 0 spiro atoms. The lowest BCUT2D eigenvalue weighted by Gasteiger charge is -2.33. The zero-order valence-corrected chi connectivity index (χ0v) is 20.5. The second-order valence-corrected chi connectivity index (χ2v) is 9.01. The second-order valence-electron chi connectivity index (χ2n) is 8.48. The zero-order valence-electron chi connectivity index (χ0n) is 19.7. The number of carbonyl (C=O) groups is 2. The van der Waals surface area contributed by atoms with E-state index in [1.807, 2.05) is 4.90 Å². The number of rotatable bonds is 9. The summed E-state index contributed by atoms with van der Waals surface area (Å²) < 4.78 is 19.4. The topological polar surface area (TPSA) is 146 Å². The van der Waals surface area contributed by atoms with Gasteiger partial charge in [-0.1, -0.05) is 18.2 Å². The standard InChI is InChI=1S/C21H27N5O8S/c1-21(2,3)25(20(28)16-7-5-4-6-15(16)14-33-26(29)30)34-17(27)8-11-32-19-18(22-35-23-19)24-9-12-31-13-10-24/h4-7H,8-14H2,1-3H3. The highest BCUT2D eigenvalue weighted by molar-refractivity contribution is 6.99. The minimum atomic E-state index is -0.939. The average molecular weight is 510 g/mol. The number of nitrogens with zero attached hydrogens (tertiary/aromatic N) is 5. The van der Waals surface area contributed by atoms with Crippen LogP contribution in [0.1, 0.15) is 43.1 Å². The maximum Gasteiger partial charge on any atom is 0.335 e. The van der Waals surface area contributed by atoms with E-state index in [0.717, 1.165) is 16.8 Å². The van der Waals surface area contributed by atoms with Crippen molar-refractivity contribution in [2.24, 2.45) is 0 Å². The van der Waals surface area contributed by atoms with E-state index in [2.05, 4.69) is 13.6 Å². The SMILES string of the molecule is CC(C)(C)N(OC(=O)CCOc1nsnc1N1CCOCC1)C(=O)c1ccccc1CO[N+](=O)[O-].